The van der Waals surface area contributed by atoms with Crippen molar-refractivity contribution in [2.75, 3.05) is 51.3 Å². The van der Waals surface area contributed by atoms with Crippen molar-refractivity contribution in [3.05, 3.63) is 54.3 Å². The zero-order valence-corrected chi connectivity index (χ0v) is 15.0. The number of aliphatic hydroxyl groups excluding tert-OH is 1. The standard InChI is InChI=1S/C20H25FN2O3/c1-25-19-4-2-3-5-20(19)26-15-18(24)14-22-10-12-23(13-11-22)17-8-6-16(21)7-9-17/h2-9,18,24H,10-15H2,1H3. The van der Waals surface area contributed by atoms with E-state index in [0.29, 0.717) is 18.0 Å². The van der Waals surface area contributed by atoms with Crippen molar-refractivity contribution in [1.82, 2.24) is 4.90 Å². The van der Waals surface area contributed by atoms with Crippen LogP contribution in [0.15, 0.2) is 48.5 Å². The number of anilines is 1. The van der Waals surface area contributed by atoms with Gasteiger partial charge in [0.2, 0.25) is 0 Å². The Kier molecular flexibility index (Phi) is 6.30. The van der Waals surface area contributed by atoms with Gasteiger partial charge < -0.3 is 19.5 Å². The first-order valence-electron chi connectivity index (χ1n) is 8.82. The molecule has 26 heavy (non-hydrogen) atoms. The first kappa shape index (κ1) is 18.5. The average molecular weight is 360 g/mol. The zero-order chi connectivity index (χ0) is 18.4. The van der Waals surface area contributed by atoms with E-state index >= 15 is 0 Å². The van der Waals surface area contributed by atoms with Gasteiger partial charge in [0.25, 0.3) is 0 Å². The van der Waals surface area contributed by atoms with E-state index in [1.807, 2.05) is 24.3 Å². The number of ether oxygens (including phenoxy) is 2. The molecule has 0 aliphatic carbocycles. The fraction of sp³-hybridized carbons (Fsp3) is 0.400. The number of methoxy groups -OCH3 is 1. The minimum Gasteiger partial charge on any atom is -0.493 e. The zero-order valence-electron chi connectivity index (χ0n) is 15.0. The number of β-amino-alcohol motifs (C(OH)–C–C–N with tert-alkyl or cyclic N) is 1. The number of halogens is 1. The van der Waals surface area contributed by atoms with Gasteiger partial charge in [-0.15, -0.1) is 0 Å². The molecule has 2 aromatic carbocycles. The van der Waals surface area contributed by atoms with Gasteiger partial charge in [0, 0.05) is 38.4 Å². The Morgan fingerprint density at radius 2 is 1.65 bits per heavy atom. The van der Waals surface area contributed by atoms with E-state index in [1.165, 1.54) is 12.1 Å². The largest absolute Gasteiger partial charge is 0.493 e. The minimum absolute atomic E-state index is 0.217. The van der Waals surface area contributed by atoms with E-state index in [2.05, 4.69) is 9.80 Å². The molecule has 0 radical (unpaired) electrons. The van der Waals surface area contributed by atoms with E-state index in [9.17, 15) is 9.50 Å². The topological polar surface area (TPSA) is 45.2 Å². The Morgan fingerprint density at radius 1 is 1.00 bits per heavy atom. The highest BCUT2D eigenvalue weighted by Crippen LogP contribution is 2.25. The Morgan fingerprint density at radius 3 is 2.31 bits per heavy atom. The fourth-order valence-corrected chi connectivity index (χ4v) is 3.12. The van der Waals surface area contributed by atoms with Crippen molar-refractivity contribution in [1.29, 1.82) is 0 Å². The molecule has 0 amide bonds. The summed E-state index contributed by atoms with van der Waals surface area (Å²) in [7, 11) is 1.60. The van der Waals surface area contributed by atoms with Gasteiger partial charge in [0.05, 0.1) is 7.11 Å². The highest BCUT2D eigenvalue weighted by molar-refractivity contribution is 5.46. The van der Waals surface area contributed by atoms with Crippen LogP contribution in [0, 0.1) is 5.82 Å². The number of rotatable bonds is 7. The lowest BCUT2D eigenvalue weighted by Gasteiger charge is -2.36. The molecule has 6 heteroatoms. The van der Waals surface area contributed by atoms with Crippen molar-refractivity contribution in [2.45, 2.75) is 6.10 Å². The third-order valence-corrected chi connectivity index (χ3v) is 4.53. The highest BCUT2D eigenvalue weighted by Gasteiger charge is 2.20. The van der Waals surface area contributed by atoms with Crippen LogP contribution in [0.1, 0.15) is 0 Å². The van der Waals surface area contributed by atoms with Crippen molar-refractivity contribution in [3.63, 3.8) is 0 Å². The molecule has 0 bridgehead atoms. The van der Waals surface area contributed by atoms with Crippen molar-refractivity contribution < 1.29 is 19.0 Å². The van der Waals surface area contributed by atoms with E-state index in [0.717, 1.165) is 31.9 Å². The van der Waals surface area contributed by atoms with Crippen molar-refractivity contribution >= 4 is 5.69 Å². The Hall–Kier alpha value is -2.31. The van der Waals surface area contributed by atoms with Gasteiger partial charge in [-0.3, -0.25) is 4.90 Å². The minimum atomic E-state index is -0.572. The molecule has 1 heterocycles. The van der Waals surface area contributed by atoms with Crippen LogP contribution in [-0.2, 0) is 0 Å². The summed E-state index contributed by atoms with van der Waals surface area (Å²) in [6.07, 6.45) is -0.572. The molecule has 0 spiro atoms. The van der Waals surface area contributed by atoms with Crippen LogP contribution in [0.25, 0.3) is 0 Å². The van der Waals surface area contributed by atoms with Crippen LogP contribution in [0.3, 0.4) is 0 Å². The second kappa shape index (κ2) is 8.87. The van der Waals surface area contributed by atoms with Gasteiger partial charge in [-0.2, -0.15) is 0 Å². The molecule has 1 aliphatic rings. The van der Waals surface area contributed by atoms with Crippen molar-refractivity contribution in [2.24, 2.45) is 0 Å². The first-order valence-corrected chi connectivity index (χ1v) is 8.82. The molecule has 3 rings (SSSR count). The SMILES string of the molecule is COc1ccccc1OCC(O)CN1CCN(c2ccc(F)cc2)CC1. The molecular formula is C20H25FN2O3. The highest BCUT2D eigenvalue weighted by atomic mass is 19.1. The lowest BCUT2D eigenvalue weighted by atomic mass is 10.2. The maximum Gasteiger partial charge on any atom is 0.161 e. The molecule has 2 aromatic rings. The van der Waals surface area contributed by atoms with E-state index in [-0.39, 0.29) is 12.4 Å². The number of piperazine rings is 1. The third-order valence-electron chi connectivity index (χ3n) is 4.53. The molecule has 5 nitrogen and oxygen atoms in total. The van der Waals surface area contributed by atoms with E-state index in [4.69, 9.17) is 9.47 Å². The molecule has 1 atom stereocenters. The molecule has 1 fully saturated rings. The average Bonchev–Trinajstić information content (AvgIpc) is 2.68. The van der Waals surface area contributed by atoms with Gasteiger partial charge >= 0.3 is 0 Å². The summed E-state index contributed by atoms with van der Waals surface area (Å²) in [6, 6.07) is 14.0. The van der Waals surface area contributed by atoms with E-state index < -0.39 is 6.10 Å². The number of hydrogen-bond donors (Lipinski definition) is 1. The number of nitrogens with zero attached hydrogens (tertiary/aromatic N) is 2. The van der Waals surface area contributed by atoms with Crippen LogP contribution >= 0.6 is 0 Å². The normalized spacial score (nSPS) is 16.3. The van der Waals surface area contributed by atoms with Crippen LogP contribution in [0.2, 0.25) is 0 Å². The van der Waals surface area contributed by atoms with Gasteiger partial charge in [-0.1, -0.05) is 12.1 Å². The number of hydrogen-bond acceptors (Lipinski definition) is 5. The molecule has 1 N–H and O–H groups in total. The van der Waals surface area contributed by atoms with Crippen LogP contribution in [0.4, 0.5) is 10.1 Å². The summed E-state index contributed by atoms with van der Waals surface area (Å²) in [5.41, 5.74) is 1.03. The number of para-hydroxylation sites is 2. The van der Waals surface area contributed by atoms with Gasteiger partial charge in [0.1, 0.15) is 18.5 Å². The summed E-state index contributed by atoms with van der Waals surface area (Å²) >= 11 is 0. The Balaban J connectivity index is 1.43. The summed E-state index contributed by atoms with van der Waals surface area (Å²) in [6.45, 7) is 4.19. The molecule has 1 aliphatic heterocycles. The predicted molar refractivity (Wildman–Crippen MR) is 99.5 cm³/mol. The summed E-state index contributed by atoms with van der Waals surface area (Å²) < 4.78 is 24.0. The lowest BCUT2D eigenvalue weighted by molar-refractivity contribution is 0.0653. The Bertz CT molecular complexity index is 688. The quantitative estimate of drug-likeness (QED) is 0.822. The number of benzene rings is 2. The molecule has 140 valence electrons. The van der Waals surface area contributed by atoms with Crippen LogP contribution in [-0.4, -0.2) is 62.6 Å². The monoisotopic (exact) mass is 360 g/mol. The summed E-state index contributed by atoms with van der Waals surface area (Å²) in [5, 5.41) is 10.3. The van der Waals surface area contributed by atoms with Gasteiger partial charge in [-0.25, -0.2) is 4.39 Å². The first-order chi connectivity index (χ1) is 12.7. The Labute approximate surface area is 153 Å². The maximum atomic E-state index is 13.0. The maximum absolute atomic E-state index is 13.0. The van der Waals surface area contributed by atoms with Gasteiger partial charge in [-0.05, 0) is 36.4 Å². The summed E-state index contributed by atoms with van der Waals surface area (Å²) in [5.74, 6) is 1.08. The van der Waals surface area contributed by atoms with E-state index in [1.54, 1.807) is 19.2 Å². The molecule has 0 aromatic heterocycles. The number of aliphatic hydroxyl groups is 1. The predicted octanol–water partition coefficient (Wildman–Crippen LogP) is 2.40. The third kappa shape index (κ3) is 4.86. The molecule has 1 unspecified atom stereocenters. The smallest absolute Gasteiger partial charge is 0.161 e. The molecular weight excluding hydrogens is 335 g/mol. The van der Waals surface area contributed by atoms with Crippen LogP contribution < -0.4 is 14.4 Å². The fourth-order valence-electron chi connectivity index (χ4n) is 3.12. The summed E-state index contributed by atoms with van der Waals surface area (Å²) in [4.78, 5) is 4.45. The van der Waals surface area contributed by atoms with Crippen LogP contribution in [0.5, 0.6) is 11.5 Å². The second-order valence-electron chi connectivity index (χ2n) is 6.38. The molecule has 0 saturated carbocycles. The van der Waals surface area contributed by atoms with Gasteiger partial charge in [0.15, 0.2) is 11.5 Å². The second-order valence-corrected chi connectivity index (χ2v) is 6.38. The molecule has 1 saturated heterocycles. The lowest BCUT2D eigenvalue weighted by Crippen LogP contribution is -2.49. The van der Waals surface area contributed by atoms with Crippen molar-refractivity contribution in [3.8, 4) is 11.5 Å².